The van der Waals surface area contributed by atoms with Crippen molar-refractivity contribution >= 4 is 17.6 Å². The smallest absolute Gasteiger partial charge is 0.262 e. The van der Waals surface area contributed by atoms with Crippen LogP contribution in [0.25, 0.3) is 17.1 Å². The number of nitrogens with zero attached hydrogens (tertiary/aromatic N) is 3. The molecule has 3 heterocycles. The van der Waals surface area contributed by atoms with Gasteiger partial charge >= 0.3 is 0 Å². The van der Waals surface area contributed by atoms with Gasteiger partial charge in [-0.1, -0.05) is 0 Å². The number of nitrogens with one attached hydrogen (secondary N) is 1. The van der Waals surface area contributed by atoms with Gasteiger partial charge in [-0.05, 0) is 30.3 Å². The predicted molar refractivity (Wildman–Crippen MR) is 89.3 cm³/mol. The summed E-state index contributed by atoms with van der Waals surface area (Å²) in [6.07, 6.45) is 3.27. The highest BCUT2D eigenvalue weighted by Crippen LogP contribution is 2.24. The Morgan fingerprint density at radius 2 is 1.64 bits per heavy atom. The molecule has 0 spiro atoms. The van der Waals surface area contributed by atoms with Gasteiger partial charge in [0.15, 0.2) is 5.82 Å². The molecule has 0 saturated heterocycles. The highest BCUT2D eigenvalue weighted by Gasteiger charge is 2.31. The first-order valence-electron chi connectivity index (χ1n) is 7.35. The van der Waals surface area contributed by atoms with Crippen LogP contribution < -0.4 is 16.6 Å². The third-order valence-electron chi connectivity index (χ3n) is 3.90. The first-order chi connectivity index (χ1) is 12.1. The molecule has 4 rings (SSSR count). The van der Waals surface area contributed by atoms with Crippen LogP contribution >= 0.6 is 0 Å². The first kappa shape index (κ1) is 14.8. The van der Waals surface area contributed by atoms with Gasteiger partial charge in [-0.15, -0.1) is 0 Å². The quantitative estimate of drug-likeness (QED) is 0.668. The maximum absolute atomic E-state index is 12.4. The molecule has 2 aromatic heterocycles. The second-order valence-electron chi connectivity index (χ2n) is 5.39. The molecule has 2 amide bonds. The zero-order valence-corrected chi connectivity index (χ0v) is 12.8. The van der Waals surface area contributed by atoms with Gasteiger partial charge in [0.05, 0.1) is 16.8 Å². The molecule has 8 nitrogen and oxygen atoms in total. The maximum atomic E-state index is 12.4. The van der Waals surface area contributed by atoms with Gasteiger partial charge in [0.2, 0.25) is 0 Å². The van der Waals surface area contributed by atoms with Crippen molar-refractivity contribution in [3.05, 3.63) is 70.3 Å². The molecule has 0 fully saturated rings. The number of hydrogen-bond acceptors (Lipinski definition) is 6. The highest BCUT2D eigenvalue weighted by atomic mass is 16.2. The average Bonchev–Trinajstić information content (AvgIpc) is 2.90. The van der Waals surface area contributed by atoms with E-state index in [1.807, 2.05) is 0 Å². The summed E-state index contributed by atoms with van der Waals surface area (Å²) in [7, 11) is 0. The topological polar surface area (TPSA) is 120 Å². The summed E-state index contributed by atoms with van der Waals surface area (Å²) >= 11 is 0. The molecular weight excluding hydrogens is 322 g/mol. The summed E-state index contributed by atoms with van der Waals surface area (Å²) in [6, 6.07) is 9.66. The summed E-state index contributed by atoms with van der Waals surface area (Å²) in [5.74, 6) is -0.754. The van der Waals surface area contributed by atoms with E-state index in [9.17, 15) is 14.4 Å². The number of aromatic nitrogens is 3. The number of rotatable bonds is 2. The zero-order chi connectivity index (χ0) is 17.6. The molecule has 3 N–H and O–H groups in total. The number of hydrogen-bond donors (Lipinski definition) is 2. The molecule has 0 unspecified atom stereocenters. The van der Waals surface area contributed by atoms with Gasteiger partial charge in [0.25, 0.3) is 17.4 Å². The Balaban J connectivity index is 1.84. The summed E-state index contributed by atoms with van der Waals surface area (Å²) in [6.45, 7) is 0. The number of benzene rings is 1. The van der Waals surface area contributed by atoms with E-state index in [4.69, 9.17) is 5.73 Å². The summed E-state index contributed by atoms with van der Waals surface area (Å²) < 4.78 is 1.19. The largest absolute Gasteiger partial charge is 0.384 e. The van der Waals surface area contributed by atoms with E-state index in [0.29, 0.717) is 11.5 Å². The Labute approximate surface area is 141 Å². The predicted octanol–water partition coefficient (Wildman–Crippen LogP) is 0.760. The van der Waals surface area contributed by atoms with Crippen LogP contribution in [0.1, 0.15) is 20.7 Å². The first-order valence-corrected chi connectivity index (χ1v) is 7.35. The van der Waals surface area contributed by atoms with Crippen LogP contribution in [0.2, 0.25) is 0 Å². The number of pyridine rings is 1. The van der Waals surface area contributed by atoms with Crippen LogP contribution in [0, 0.1) is 0 Å². The second-order valence-corrected chi connectivity index (χ2v) is 5.39. The van der Waals surface area contributed by atoms with Gasteiger partial charge < -0.3 is 5.73 Å². The lowest BCUT2D eigenvalue weighted by molar-refractivity contribution is 0.0880. The Morgan fingerprint density at radius 1 is 0.960 bits per heavy atom. The van der Waals surface area contributed by atoms with Crippen molar-refractivity contribution in [2.75, 3.05) is 5.73 Å². The number of imide groups is 1. The molecule has 0 atom stereocenters. The standard InChI is InChI=1S/C17H11N5O3/c18-14-13-11(16(24)21-17(13)25)8-12(23)22(14)10-4-2-9(3-5-10)15-19-6-1-7-20-15/h1-8H,18H2,(H,21,24,25). The number of carbonyl (C=O) groups is 2. The van der Waals surface area contributed by atoms with Gasteiger partial charge in [-0.3, -0.25) is 24.3 Å². The second kappa shape index (κ2) is 5.38. The number of nitrogens with two attached hydrogens (primary N) is 1. The van der Waals surface area contributed by atoms with E-state index in [1.54, 1.807) is 42.7 Å². The lowest BCUT2D eigenvalue weighted by atomic mass is 10.1. The van der Waals surface area contributed by atoms with Crippen molar-refractivity contribution in [3.8, 4) is 17.1 Å². The van der Waals surface area contributed by atoms with Crippen LogP contribution in [0.4, 0.5) is 5.82 Å². The SMILES string of the molecule is Nc1c2c(cc(=O)n1-c1ccc(-c3ncccn3)cc1)C(=O)NC2=O. The van der Waals surface area contributed by atoms with Crippen LogP contribution in [0.3, 0.4) is 0 Å². The average molecular weight is 333 g/mol. The summed E-state index contributed by atoms with van der Waals surface area (Å²) in [5.41, 5.74) is 6.75. The Hall–Kier alpha value is -3.81. The van der Waals surface area contributed by atoms with Crippen molar-refractivity contribution in [1.82, 2.24) is 19.9 Å². The van der Waals surface area contributed by atoms with Gasteiger partial charge in [-0.2, -0.15) is 0 Å². The lowest BCUT2D eigenvalue weighted by Gasteiger charge is -2.12. The van der Waals surface area contributed by atoms with Crippen molar-refractivity contribution in [1.29, 1.82) is 0 Å². The fraction of sp³-hybridized carbons (Fsp3) is 0. The number of amides is 2. The Kier molecular flexibility index (Phi) is 3.17. The van der Waals surface area contributed by atoms with E-state index in [0.717, 1.165) is 11.6 Å². The summed E-state index contributed by atoms with van der Waals surface area (Å²) in [4.78, 5) is 44.3. The molecule has 1 aliphatic rings. The third kappa shape index (κ3) is 2.27. The van der Waals surface area contributed by atoms with Gasteiger partial charge in [0.1, 0.15) is 5.82 Å². The third-order valence-corrected chi connectivity index (χ3v) is 3.90. The van der Waals surface area contributed by atoms with E-state index >= 15 is 0 Å². The molecule has 1 aliphatic heterocycles. The minimum absolute atomic E-state index is 0.00180. The monoisotopic (exact) mass is 333 g/mol. The van der Waals surface area contributed by atoms with E-state index in [-0.39, 0.29) is 16.9 Å². The Morgan fingerprint density at radius 3 is 2.32 bits per heavy atom. The fourth-order valence-corrected chi connectivity index (χ4v) is 2.75. The van der Waals surface area contributed by atoms with E-state index < -0.39 is 17.4 Å². The highest BCUT2D eigenvalue weighted by molar-refractivity contribution is 6.23. The van der Waals surface area contributed by atoms with Crippen LogP contribution in [0.15, 0.2) is 53.6 Å². The zero-order valence-electron chi connectivity index (χ0n) is 12.8. The number of fused-ring (bicyclic) bond motifs is 1. The van der Waals surface area contributed by atoms with Gasteiger partial charge in [-0.25, -0.2) is 9.97 Å². The van der Waals surface area contributed by atoms with Crippen LogP contribution in [-0.4, -0.2) is 26.3 Å². The van der Waals surface area contributed by atoms with Crippen molar-refractivity contribution in [3.63, 3.8) is 0 Å². The van der Waals surface area contributed by atoms with E-state index in [1.165, 1.54) is 4.57 Å². The fourth-order valence-electron chi connectivity index (χ4n) is 2.75. The number of nitrogen functional groups attached to an aromatic ring is 1. The number of carbonyl (C=O) groups excluding carboxylic acids is 2. The molecule has 3 aromatic rings. The Bertz CT molecular complexity index is 1070. The molecule has 0 radical (unpaired) electrons. The molecule has 8 heteroatoms. The minimum Gasteiger partial charge on any atom is -0.384 e. The molecule has 25 heavy (non-hydrogen) atoms. The summed E-state index contributed by atoms with van der Waals surface area (Å²) in [5, 5.41) is 2.13. The number of anilines is 1. The molecular formula is C17H11N5O3. The minimum atomic E-state index is -0.618. The van der Waals surface area contributed by atoms with Crippen LogP contribution in [-0.2, 0) is 0 Å². The molecule has 0 saturated carbocycles. The van der Waals surface area contributed by atoms with Crippen molar-refractivity contribution in [2.24, 2.45) is 0 Å². The van der Waals surface area contributed by atoms with Crippen LogP contribution in [0.5, 0.6) is 0 Å². The molecule has 0 aliphatic carbocycles. The molecule has 122 valence electrons. The van der Waals surface area contributed by atoms with Crippen molar-refractivity contribution in [2.45, 2.75) is 0 Å². The molecule has 1 aromatic carbocycles. The lowest BCUT2D eigenvalue weighted by Crippen LogP contribution is -2.24. The normalized spacial score (nSPS) is 12.8. The van der Waals surface area contributed by atoms with Crippen molar-refractivity contribution < 1.29 is 9.59 Å². The van der Waals surface area contributed by atoms with Gasteiger partial charge in [0, 0.05) is 24.0 Å². The molecule has 0 bridgehead atoms. The van der Waals surface area contributed by atoms with E-state index in [2.05, 4.69) is 15.3 Å². The maximum Gasteiger partial charge on any atom is 0.262 e.